The van der Waals surface area contributed by atoms with E-state index in [2.05, 4.69) is 0 Å². The second-order valence-corrected chi connectivity index (χ2v) is 6.06. The average molecular weight is 350 g/mol. The molecule has 8 nitrogen and oxygen atoms in total. The highest BCUT2D eigenvalue weighted by Crippen LogP contribution is 2.29. The lowest BCUT2D eigenvalue weighted by molar-refractivity contribution is -0.385. The van der Waals surface area contributed by atoms with Crippen LogP contribution in [0.25, 0.3) is 0 Å². The van der Waals surface area contributed by atoms with Crippen molar-refractivity contribution in [3.63, 3.8) is 0 Å². The molecule has 0 saturated carbocycles. The van der Waals surface area contributed by atoms with Crippen LogP contribution in [0.2, 0.25) is 0 Å². The Kier molecular flexibility index (Phi) is 6.32. The van der Waals surface area contributed by atoms with Crippen molar-refractivity contribution in [1.82, 2.24) is 4.90 Å². The highest BCUT2D eigenvalue weighted by atomic mass is 16.6. The van der Waals surface area contributed by atoms with Crippen LogP contribution in [0, 0.1) is 16.0 Å². The molecule has 136 valence electrons. The van der Waals surface area contributed by atoms with Crippen LogP contribution >= 0.6 is 0 Å². The number of nitro benzene ring substituents is 1. The molecule has 1 saturated heterocycles. The number of hydrogen-bond donors (Lipinski definition) is 1. The van der Waals surface area contributed by atoms with E-state index in [9.17, 15) is 19.7 Å². The Balaban J connectivity index is 2.12. The molecule has 1 unspecified atom stereocenters. The van der Waals surface area contributed by atoms with Gasteiger partial charge in [-0.05, 0) is 44.2 Å². The lowest BCUT2D eigenvalue weighted by Gasteiger charge is -2.32. The second-order valence-electron chi connectivity index (χ2n) is 6.06. The van der Waals surface area contributed by atoms with Gasteiger partial charge in [0.25, 0.3) is 5.91 Å². The molecule has 1 aliphatic heterocycles. The van der Waals surface area contributed by atoms with Crippen molar-refractivity contribution in [2.24, 2.45) is 5.92 Å². The summed E-state index contributed by atoms with van der Waals surface area (Å²) in [5.74, 6) is -0.828. The lowest BCUT2D eigenvalue weighted by Crippen LogP contribution is -2.40. The van der Waals surface area contributed by atoms with Gasteiger partial charge in [0.05, 0.1) is 11.5 Å². The van der Waals surface area contributed by atoms with Crippen LogP contribution in [0.15, 0.2) is 18.2 Å². The molecule has 0 aliphatic carbocycles. The van der Waals surface area contributed by atoms with Crippen LogP contribution in [-0.4, -0.2) is 46.5 Å². The number of amides is 1. The van der Waals surface area contributed by atoms with Gasteiger partial charge < -0.3 is 14.7 Å². The summed E-state index contributed by atoms with van der Waals surface area (Å²) in [6.07, 6.45) is 2.30. The van der Waals surface area contributed by atoms with E-state index < -0.39 is 10.9 Å². The summed E-state index contributed by atoms with van der Waals surface area (Å²) in [7, 11) is 0. The maximum absolute atomic E-state index is 12.7. The minimum Gasteiger partial charge on any atom is -0.487 e. The van der Waals surface area contributed by atoms with Crippen LogP contribution in [0.5, 0.6) is 5.75 Å². The molecule has 1 aliphatic rings. The third kappa shape index (κ3) is 4.91. The summed E-state index contributed by atoms with van der Waals surface area (Å²) in [4.78, 5) is 35.7. The van der Waals surface area contributed by atoms with Crippen LogP contribution in [0.3, 0.4) is 0 Å². The molecule has 0 radical (unpaired) electrons. The van der Waals surface area contributed by atoms with Crippen LogP contribution in [0.4, 0.5) is 5.69 Å². The molecule has 0 spiro atoms. The van der Waals surface area contributed by atoms with Gasteiger partial charge in [-0.3, -0.25) is 19.7 Å². The highest BCUT2D eigenvalue weighted by Gasteiger charge is 2.26. The van der Waals surface area contributed by atoms with Crippen molar-refractivity contribution >= 4 is 17.6 Å². The number of hydrogen-bond acceptors (Lipinski definition) is 5. The van der Waals surface area contributed by atoms with Crippen molar-refractivity contribution < 1.29 is 24.4 Å². The quantitative estimate of drug-likeness (QED) is 0.598. The Morgan fingerprint density at radius 1 is 1.44 bits per heavy atom. The summed E-state index contributed by atoms with van der Waals surface area (Å²) in [6, 6.07) is 4.22. The fourth-order valence-corrected chi connectivity index (χ4v) is 3.07. The summed E-state index contributed by atoms with van der Waals surface area (Å²) in [6.45, 7) is 3.08. The molecule has 25 heavy (non-hydrogen) atoms. The molecule has 1 aromatic carbocycles. The zero-order chi connectivity index (χ0) is 18.4. The molecule has 1 amide bonds. The molecule has 0 bridgehead atoms. The Morgan fingerprint density at radius 3 is 2.84 bits per heavy atom. The first kappa shape index (κ1) is 18.7. The molecule has 1 fully saturated rings. The second kappa shape index (κ2) is 8.46. The van der Waals surface area contributed by atoms with Gasteiger partial charge in [-0.1, -0.05) is 0 Å². The van der Waals surface area contributed by atoms with Crippen molar-refractivity contribution in [3.8, 4) is 5.75 Å². The molecular formula is C17H22N2O6. The fourth-order valence-electron chi connectivity index (χ4n) is 3.07. The predicted octanol–water partition coefficient (Wildman–Crippen LogP) is 2.71. The van der Waals surface area contributed by atoms with Crippen LogP contribution < -0.4 is 4.74 Å². The van der Waals surface area contributed by atoms with E-state index in [1.165, 1.54) is 18.2 Å². The number of carbonyl (C=O) groups is 2. The maximum Gasteiger partial charge on any atom is 0.311 e. The molecule has 1 N–H and O–H groups in total. The standard InChI is InChI=1S/C17H22N2O6/c1-2-25-15-7-6-13(10-14(15)19(23)24)17(22)18-9-3-4-12(11-18)5-8-16(20)21/h6-7,10,12H,2-5,8-9,11H2,1H3,(H,20,21). The van der Waals surface area contributed by atoms with E-state index in [-0.39, 0.29) is 35.2 Å². The smallest absolute Gasteiger partial charge is 0.311 e. The van der Waals surface area contributed by atoms with Gasteiger partial charge in [0.2, 0.25) is 0 Å². The van der Waals surface area contributed by atoms with Gasteiger partial charge in [-0.2, -0.15) is 0 Å². The maximum atomic E-state index is 12.7. The summed E-state index contributed by atoms with van der Waals surface area (Å²) in [5, 5.41) is 20.0. The Bertz CT molecular complexity index is 661. The summed E-state index contributed by atoms with van der Waals surface area (Å²) < 4.78 is 5.23. The monoisotopic (exact) mass is 350 g/mol. The third-order valence-corrected chi connectivity index (χ3v) is 4.28. The number of carboxylic acids is 1. The molecule has 1 heterocycles. The van der Waals surface area contributed by atoms with Gasteiger partial charge in [0.1, 0.15) is 0 Å². The number of aliphatic carboxylic acids is 1. The first-order valence-corrected chi connectivity index (χ1v) is 8.34. The van der Waals surface area contributed by atoms with Crippen molar-refractivity contribution in [1.29, 1.82) is 0 Å². The largest absolute Gasteiger partial charge is 0.487 e. The van der Waals surface area contributed by atoms with E-state index in [1.54, 1.807) is 11.8 Å². The van der Waals surface area contributed by atoms with Gasteiger partial charge in [0.15, 0.2) is 5.75 Å². The summed E-state index contributed by atoms with van der Waals surface area (Å²) >= 11 is 0. The molecule has 1 aromatic rings. The molecule has 0 aromatic heterocycles. The Hall–Kier alpha value is -2.64. The number of benzene rings is 1. The lowest BCUT2D eigenvalue weighted by atomic mass is 9.93. The van der Waals surface area contributed by atoms with E-state index in [1.807, 2.05) is 0 Å². The molecule has 2 rings (SSSR count). The number of carbonyl (C=O) groups excluding carboxylic acids is 1. The normalized spacial score (nSPS) is 17.2. The van der Waals surface area contributed by atoms with Crippen molar-refractivity contribution in [2.75, 3.05) is 19.7 Å². The van der Waals surface area contributed by atoms with E-state index in [4.69, 9.17) is 9.84 Å². The number of likely N-dealkylation sites (tertiary alicyclic amines) is 1. The van der Waals surface area contributed by atoms with Gasteiger partial charge in [-0.15, -0.1) is 0 Å². The minimum atomic E-state index is -0.842. The fraction of sp³-hybridized carbons (Fsp3) is 0.529. The van der Waals surface area contributed by atoms with E-state index >= 15 is 0 Å². The van der Waals surface area contributed by atoms with Gasteiger partial charge in [-0.25, -0.2) is 0 Å². The molecular weight excluding hydrogens is 328 g/mol. The van der Waals surface area contributed by atoms with Crippen LogP contribution in [0.1, 0.15) is 43.0 Å². The SMILES string of the molecule is CCOc1ccc(C(=O)N2CCCC(CCC(=O)O)C2)cc1[N+](=O)[O-]. The average Bonchev–Trinajstić information content (AvgIpc) is 2.60. The predicted molar refractivity (Wildman–Crippen MR) is 89.8 cm³/mol. The number of nitrogens with zero attached hydrogens (tertiary/aromatic N) is 2. The zero-order valence-electron chi connectivity index (χ0n) is 14.1. The number of ether oxygens (including phenoxy) is 1. The van der Waals surface area contributed by atoms with E-state index in [0.717, 1.165) is 12.8 Å². The number of piperidine rings is 1. The van der Waals surface area contributed by atoms with Gasteiger partial charge in [0, 0.05) is 31.1 Å². The highest BCUT2D eigenvalue weighted by molar-refractivity contribution is 5.95. The van der Waals surface area contributed by atoms with Crippen molar-refractivity contribution in [3.05, 3.63) is 33.9 Å². The Morgan fingerprint density at radius 2 is 2.20 bits per heavy atom. The number of rotatable bonds is 7. The Labute approximate surface area is 145 Å². The number of carboxylic acid groups (broad SMARTS) is 1. The summed E-state index contributed by atoms with van der Waals surface area (Å²) in [5.41, 5.74) is 0.0150. The van der Waals surface area contributed by atoms with Crippen LogP contribution in [-0.2, 0) is 4.79 Å². The minimum absolute atomic E-state index is 0.0845. The number of nitro groups is 1. The third-order valence-electron chi connectivity index (χ3n) is 4.28. The zero-order valence-corrected chi connectivity index (χ0v) is 14.1. The molecule has 8 heteroatoms. The molecule has 1 atom stereocenters. The van der Waals surface area contributed by atoms with Crippen molar-refractivity contribution in [2.45, 2.75) is 32.6 Å². The van der Waals surface area contributed by atoms with Gasteiger partial charge >= 0.3 is 11.7 Å². The van der Waals surface area contributed by atoms with E-state index in [0.29, 0.717) is 26.1 Å². The first-order chi connectivity index (χ1) is 11.9. The topological polar surface area (TPSA) is 110 Å². The first-order valence-electron chi connectivity index (χ1n) is 8.34.